The first-order valence-corrected chi connectivity index (χ1v) is 8.63. The largest absolute Gasteiger partial charge is 0.417 e. The molecule has 2 aromatic carbocycles. The van der Waals surface area contributed by atoms with E-state index in [1.54, 1.807) is 0 Å². The van der Waals surface area contributed by atoms with Gasteiger partial charge in [-0.2, -0.15) is 0 Å². The van der Waals surface area contributed by atoms with Crippen LogP contribution in [0.5, 0.6) is 0 Å². The predicted molar refractivity (Wildman–Crippen MR) is 88.2 cm³/mol. The molecule has 6 nitrogen and oxygen atoms in total. The number of aryl methyl sites for hydroxylation is 2. The second kappa shape index (κ2) is 5.58. The van der Waals surface area contributed by atoms with Gasteiger partial charge in [0.2, 0.25) is 0 Å². The highest BCUT2D eigenvalue weighted by molar-refractivity contribution is 7.92. The van der Waals surface area contributed by atoms with Crippen LogP contribution >= 0.6 is 0 Å². The van der Waals surface area contributed by atoms with E-state index in [9.17, 15) is 13.2 Å². The summed E-state index contributed by atoms with van der Waals surface area (Å²) in [5.74, 6) is -0.616. The van der Waals surface area contributed by atoms with Gasteiger partial charge >= 0.3 is 5.76 Å². The van der Waals surface area contributed by atoms with Crippen molar-refractivity contribution in [3.05, 3.63) is 58.1 Å². The monoisotopic (exact) mass is 332 g/mol. The normalized spacial score (nSPS) is 11.7. The van der Waals surface area contributed by atoms with Gasteiger partial charge in [0.1, 0.15) is 0 Å². The van der Waals surface area contributed by atoms with Crippen LogP contribution in [-0.2, 0) is 16.4 Å². The lowest BCUT2D eigenvalue weighted by molar-refractivity contribution is 0.555. The van der Waals surface area contributed by atoms with Crippen LogP contribution in [0.2, 0.25) is 0 Å². The minimum absolute atomic E-state index is 0.0624. The number of anilines is 1. The Labute approximate surface area is 133 Å². The summed E-state index contributed by atoms with van der Waals surface area (Å²) in [6.07, 6.45) is 0.716. The van der Waals surface area contributed by atoms with E-state index in [1.807, 2.05) is 32.0 Å². The van der Waals surface area contributed by atoms with Crippen LogP contribution in [0.15, 0.2) is 50.5 Å². The molecule has 0 bridgehead atoms. The number of para-hydroxylation sites is 1. The molecule has 0 radical (unpaired) electrons. The Balaban J connectivity index is 2.05. The highest BCUT2D eigenvalue weighted by atomic mass is 32.2. The maximum Gasteiger partial charge on any atom is 0.417 e. The first kappa shape index (κ1) is 15.4. The summed E-state index contributed by atoms with van der Waals surface area (Å²) >= 11 is 0. The number of H-pyrrole nitrogens is 1. The summed E-state index contributed by atoms with van der Waals surface area (Å²) in [6.45, 7) is 3.82. The molecule has 0 fully saturated rings. The molecule has 0 saturated carbocycles. The Kier molecular flexibility index (Phi) is 3.73. The Hall–Kier alpha value is -2.54. The highest BCUT2D eigenvalue weighted by Gasteiger charge is 2.18. The molecule has 7 heteroatoms. The van der Waals surface area contributed by atoms with Gasteiger partial charge in [-0.05, 0) is 42.7 Å². The van der Waals surface area contributed by atoms with Crippen molar-refractivity contribution in [3.63, 3.8) is 0 Å². The standard InChI is InChI=1S/C16H16N2O4S/c1-3-11-6-4-5-10(2)15(11)18-23(20,21)12-7-8-14-13(9-12)17-16(19)22-14/h4-9,18H,3H2,1-2H3,(H,17,19). The molecule has 1 aromatic heterocycles. The highest BCUT2D eigenvalue weighted by Crippen LogP contribution is 2.25. The number of aromatic amines is 1. The third-order valence-electron chi connectivity index (χ3n) is 3.68. The Morgan fingerprint density at radius 3 is 2.74 bits per heavy atom. The zero-order valence-corrected chi connectivity index (χ0v) is 13.5. The number of rotatable bonds is 4. The Bertz CT molecular complexity index is 1030. The first-order valence-electron chi connectivity index (χ1n) is 7.15. The van der Waals surface area contributed by atoms with Crippen molar-refractivity contribution in [2.75, 3.05) is 4.72 Å². The van der Waals surface area contributed by atoms with E-state index in [4.69, 9.17) is 4.42 Å². The van der Waals surface area contributed by atoms with Crippen molar-refractivity contribution in [3.8, 4) is 0 Å². The molecular weight excluding hydrogens is 316 g/mol. The first-order chi connectivity index (χ1) is 10.9. The van der Waals surface area contributed by atoms with Crippen molar-refractivity contribution >= 4 is 26.8 Å². The fourth-order valence-corrected chi connectivity index (χ4v) is 3.66. The van der Waals surface area contributed by atoms with Crippen molar-refractivity contribution in [1.82, 2.24) is 4.98 Å². The van der Waals surface area contributed by atoms with Crippen LogP contribution in [0.1, 0.15) is 18.1 Å². The fraction of sp³-hybridized carbons (Fsp3) is 0.188. The molecule has 0 aliphatic heterocycles. The lowest BCUT2D eigenvalue weighted by Gasteiger charge is -2.14. The molecule has 0 aliphatic rings. The number of nitrogens with one attached hydrogen (secondary N) is 2. The van der Waals surface area contributed by atoms with Gasteiger partial charge < -0.3 is 4.42 Å². The summed E-state index contributed by atoms with van der Waals surface area (Å²) in [6, 6.07) is 9.89. The molecule has 0 atom stereocenters. The zero-order valence-electron chi connectivity index (χ0n) is 12.7. The zero-order chi connectivity index (χ0) is 16.6. The van der Waals surface area contributed by atoms with Crippen LogP contribution in [0.4, 0.5) is 5.69 Å². The smallest absolute Gasteiger partial charge is 0.408 e. The number of oxazole rings is 1. The van der Waals surface area contributed by atoms with Crippen LogP contribution in [0, 0.1) is 6.92 Å². The molecule has 23 heavy (non-hydrogen) atoms. The SMILES string of the molecule is CCc1cccc(C)c1NS(=O)(=O)c1ccc2oc(=O)[nH]c2c1. The summed E-state index contributed by atoms with van der Waals surface area (Å²) in [7, 11) is -3.76. The van der Waals surface area contributed by atoms with Crippen molar-refractivity contribution in [1.29, 1.82) is 0 Å². The summed E-state index contributed by atoms with van der Waals surface area (Å²) in [4.78, 5) is 13.7. The van der Waals surface area contributed by atoms with E-state index in [-0.39, 0.29) is 4.90 Å². The van der Waals surface area contributed by atoms with E-state index >= 15 is 0 Å². The van der Waals surface area contributed by atoms with E-state index in [2.05, 4.69) is 9.71 Å². The van der Waals surface area contributed by atoms with Gasteiger partial charge in [0.25, 0.3) is 10.0 Å². The summed E-state index contributed by atoms with van der Waals surface area (Å²) in [5.41, 5.74) is 3.03. The molecule has 120 valence electrons. The maximum atomic E-state index is 12.6. The average Bonchev–Trinajstić information content (AvgIpc) is 2.88. The van der Waals surface area contributed by atoms with Gasteiger partial charge in [-0.15, -0.1) is 0 Å². The number of fused-ring (bicyclic) bond motifs is 1. The summed E-state index contributed by atoms with van der Waals surface area (Å²) in [5, 5.41) is 0. The molecule has 3 aromatic rings. The van der Waals surface area contributed by atoms with E-state index in [0.29, 0.717) is 23.2 Å². The van der Waals surface area contributed by atoms with Gasteiger partial charge in [-0.1, -0.05) is 25.1 Å². The molecule has 2 N–H and O–H groups in total. The van der Waals surface area contributed by atoms with Crippen LogP contribution < -0.4 is 10.5 Å². The van der Waals surface area contributed by atoms with Crippen LogP contribution in [-0.4, -0.2) is 13.4 Å². The molecule has 0 spiro atoms. The third kappa shape index (κ3) is 2.87. The minimum atomic E-state index is -3.76. The number of sulfonamides is 1. The van der Waals surface area contributed by atoms with Crippen molar-refractivity contribution in [2.24, 2.45) is 0 Å². The van der Waals surface area contributed by atoms with Gasteiger partial charge in [0.05, 0.1) is 16.1 Å². The predicted octanol–water partition coefficient (Wildman–Crippen LogP) is 2.79. The van der Waals surface area contributed by atoms with E-state index < -0.39 is 15.8 Å². The lowest BCUT2D eigenvalue weighted by atomic mass is 10.1. The minimum Gasteiger partial charge on any atom is -0.408 e. The quantitative estimate of drug-likeness (QED) is 0.768. The Morgan fingerprint density at radius 2 is 2.00 bits per heavy atom. The molecule has 3 rings (SSSR count). The van der Waals surface area contributed by atoms with Gasteiger partial charge in [0, 0.05) is 0 Å². The van der Waals surface area contributed by atoms with Gasteiger partial charge in [-0.25, -0.2) is 13.2 Å². The maximum absolute atomic E-state index is 12.6. The number of aromatic nitrogens is 1. The van der Waals surface area contributed by atoms with Gasteiger partial charge in [-0.3, -0.25) is 9.71 Å². The molecular formula is C16H16N2O4S. The Morgan fingerprint density at radius 1 is 1.22 bits per heavy atom. The molecule has 0 unspecified atom stereocenters. The summed E-state index contributed by atoms with van der Waals surface area (Å²) < 4.78 is 32.8. The number of hydrogen-bond donors (Lipinski definition) is 2. The molecule has 0 amide bonds. The number of hydrogen-bond acceptors (Lipinski definition) is 4. The fourth-order valence-electron chi connectivity index (χ4n) is 2.46. The molecule has 0 saturated heterocycles. The van der Waals surface area contributed by atoms with Gasteiger partial charge in [0.15, 0.2) is 5.58 Å². The van der Waals surface area contributed by atoms with Crippen LogP contribution in [0.3, 0.4) is 0 Å². The van der Waals surface area contributed by atoms with Crippen molar-refractivity contribution in [2.45, 2.75) is 25.2 Å². The second-order valence-electron chi connectivity index (χ2n) is 5.24. The third-order valence-corrected chi connectivity index (χ3v) is 5.02. The lowest BCUT2D eigenvalue weighted by Crippen LogP contribution is -2.15. The van der Waals surface area contributed by atoms with Crippen LogP contribution in [0.25, 0.3) is 11.1 Å². The number of benzene rings is 2. The molecule has 0 aliphatic carbocycles. The van der Waals surface area contributed by atoms with E-state index in [0.717, 1.165) is 11.1 Å². The average molecular weight is 332 g/mol. The van der Waals surface area contributed by atoms with E-state index in [1.165, 1.54) is 18.2 Å². The van der Waals surface area contributed by atoms with Crippen molar-refractivity contribution < 1.29 is 12.8 Å². The second-order valence-corrected chi connectivity index (χ2v) is 6.92. The molecule has 1 heterocycles. The topological polar surface area (TPSA) is 92.2 Å².